The van der Waals surface area contributed by atoms with Crippen LogP contribution in [0.3, 0.4) is 0 Å². The van der Waals surface area contributed by atoms with Crippen molar-refractivity contribution < 1.29 is 9.84 Å². The van der Waals surface area contributed by atoms with Crippen molar-refractivity contribution >= 4 is 18.4 Å². The molecule has 1 aromatic heterocycles. The van der Waals surface area contributed by atoms with Gasteiger partial charge in [0, 0.05) is 5.56 Å². The van der Waals surface area contributed by atoms with Gasteiger partial charge in [-0.1, -0.05) is 0 Å². The highest BCUT2D eigenvalue weighted by molar-refractivity contribution is 7.71. The zero-order valence-electron chi connectivity index (χ0n) is 13.0. The predicted molar refractivity (Wildman–Crippen MR) is 95.1 cm³/mol. The molecule has 0 amide bonds. The standard InChI is InChI=1S/C17H16N4O2S/c1-2-23-15-9-5-13(6-10-15)16-19-20-17(24)21(16)18-11-12-3-7-14(22)8-4-12/h3-11,22H,2H2,1H3,(H,20,24)/b18-11+. The van der Waals surface area contributed by atoms with Gasteiger partial charge in [0.15, 0.2) is 5.82 Å². The summed E-state index contributed by atoms with van der Waals surface area (Å²) in [5.41, 5.74) is 1.71. The van der Waals surface area contributed by atoms with Gasteiger partial charge in [-0.3, -0.25) is 0 Å². The minimum atomic E-state index is 0.210. The smallest absolute Gasteiger partial charge is 0.216 e. The number of hydrogen-bond acceptors (Lipinski definition) is 5. The monoisotopic (exact) mass is 340 g/mol. The molecule has 0 saturated carbocycles. The first-order valence-electron chi connectivity index (χ1n) is 7.41. The normalized spacial score (nSPS) is 11.0. The maximum absolute atomic E-state index is 9.31. The summed E-state index contributed by atoms with van der Waals surface area (Å²) in [4.78, 5) is 0. The molecule has 0 radical (unpaired) electrons. The van der Waals surface area contributed by atoms with E-state index >= 15 is 0 Å². The number of rotatable bonds is 5. The summed E-state index contributed by atoms with van der Waals surface area (Å²) < 4.78 is 7.39. The summed E-state index contributed by atoms with van der Waals surface area (Å²) in [6, 6.07) is 14.3. The molecule has 0 atom stereocenters. The first-order chi connectivity index (χ1) is 11.7. The maximum Gasteiger partial charge on any atom is 0.216 e. The Morgan fingerprint density at radius 2 is 1.92 bits per heavy atom. The maximum atomic E-state index is 9.31. The van der Waals surface area contributed by atoms with E-state index in [0.29, 0.717) is 17.2 Å². The van der Waals surface area contributed by atoms with Gasteiger partial charge in [0.25, 0.3) is 0 Å². The number of H-pyrrole nitrogens is 1. The van der Waals surface area contributed by atoms with Crippen LogP contribution < -0.4 is 4.74 Å². The molecule has 2 aromatic carbocycles. The minimum Gasteiger partial charge on any atom is -0.508 e. The lowest BCUT2D eigenvalue weighted by Gasteiger charge is -2.04. The molecule has 3 aromatic rings. The van der Waals surface area contributed by atoms with Crippen LogP contribution in [-0.2, 0) is 0 Å². The highest BCUT2D eigenvalue weighted by Gasteiger charge is 2.08. The van der Waals surface area contributed by atoms with Crippen molar-refractivity contribution in [2.45, 2.75) is 6.92 Å². The lowest BCUT2D eigenvalue weighted by Crippen LogP contribution is -1.95. The van der Waals surface area contributed by atoms with Crippen LogP contribution in [0.1, 0.15) is 12.5 Å². The molecular formula is C17H16N4O2S. The zero-order chi connectivity index (χ0) is 16.9. The van der Waals surface area contributed by atoms with Gasteiger partial charge in [-0.2, -0.15) is 14.9 Å². The summed E-state index contributed by atoms with van der Waals surface area (Å²) in [7, 11) is 0. The Hall–Kier alpha value is -2.93. The number of phenolic OH excluding ortho intramolecular Hbond substituents is 1. The summed E-state index contributed by atoms with van der Waals surface area (Å²) in [5, 5.41) is 20.7. The molecule has 0 spiro atoms. The summed E-state index contributed by atoms with van der Waals surface area (Å²) in [6.45, 7) is 2.56. The summed E-state index contributed by atoms with van der Waals surface area (Å²) in [5.74, 6) is 1.62. The third-order valence-corrected chi connectivity index (χ3v) is 3.55. The second-order valence-electron chi connectivity index (χ2n) is 4.96. The zero-order valence-corrected chi connectivity index (χ0v) is 13.8. The number of nitrogens with zero attached hydrogens (tertiary/aromatic N) is 3. The van der Waals surface area contributed by atoms with E-state index in [-0.39, 0.29) is 5.75 Å². The number of benzene rings is 2. The van der Waals surface area contributed by atoms with Gasteiger partial charge in [0.05, 0.1) is 12.8 Å². The molecule has 6 nitrogen and oxygen atoms in total. The Kier molecular flexibility index (Phi) is 4.72. The average Bonchev–Trinajstić information content (AvgIpc) is 2.96. The van der Waals surface area contributed by atoms with Gasteiger partial charge in [-0.05, 0) is 73.2 Å². The van der Waals surface area contributed by atoms with E-state index in [1.54, 1.807) is 35.2 Å². The molecule has 0 aliphatic heterocycles. The number of aromatic nitrogens is 3. The SMILES string of the molecule is CCOc1ccc(-c2n[nH]c(=S)n2/N=C/c2ccc(O)cc2)cc1. The molecule has 0 unspecified atom stereocenters. The molecule has 2 N–H and O–H groups in total. The van der Waals surface area contributed by atoms with Crippen molar-refractivity contribution in [3.8, 4) is 22.9 Å². The third-order valence-electron chi connectivity index (χ3n) is 3.29. The highest BCUT2D eigenvalue weighted by atomic mass is 32.1. The van der Waals surface area contributed by atoms with E-state index in [1.165, 1.54) is 0 Å². The van der Waals surface area contributed by atoms with Crippen LogP contribution in [0, 0.1) is 4.77 Å². The molecule has 3 rings (SSSR count). The largest absolute Gasteiger partial charge is 0.508 e. The Labute approximate surface area is 144 Å². The molecule has 122 valence electrons. The lowest BCUT2D eigenvalue weighted by atomic mass is 10.2. The fourth-order valence-corrected chi connectivity index (χ4v) is 2.32. The number of hydrogen-bond donors (Lipinski definition) is 2. The number of ether oxygens (including phenoxy) is 1. The van der Waals surface area contributed by atoms with Crippen LogP contribution in [0.5, 0.6) is 11.5 Å². The molecule has 0 aliphatic carbocycles. The van der Waals surface area contributed by atoms with Crippen molar-refractivity contribution in [2.24, 2.45) is 5.10 Å². The van der Waals surface area contributed by atoms with Crippen LogP contribution in [0.15, 0.2) is 53.6 Å². The van der Waals surface area contributed by atoms with Gasteiger partial charge >= 0.3 is 0 Å². The third kappa shape index (κ3) is 3.52. The fourth-order valence-electron chi connectivity index (χ4n) is 2.14. The Balaban J connectivity index is 1.91. The van der Waals surface area contributed by atoms with E-state index < -0.39 is 0 Å². The second-order valence-corrected chi connectivity index (χ2v) is 5.34. The molecular weight excluding hydrogens is 324 g/mol. The van der Waals surface area contributed by atoms with Crippen LogP contribution >= 0.6 is 12.2 Å². The van der Waals surface area contributed by atoms with Crippen LogP contribution in [0.4, 0.5) is 0 Å². The molecule has 7 heteroatoms. The minimum absolute atomic E-state index is 0.210. The fraction of sp³-hybridized carbons (Fsp3) is 0.118. The van der Waals surface area contributed by atoms with Crippen LogP contribution in [0.2, 0.25) is 0 Å². The second kappa shape index (κ2) is 7.10. The van der Waals surface area contributed by atoms with E-state index in [1.807, 2.05) is 31.2 Å². The number of nitrogens with one attached hydrogen (secondary N) is 1. The number of aromatic amines is 1. The number of phenols is 1. The van der Waals surface area contributed by atoms with Crippen molar-refractivity contribution in [3.63, 3.8) is 0 Å². The topological polar surface area (TPSA) is 75.4 Å². The summed E-state index contributed by atoms with van der Waals surface area (Å²) in [6.07, 6.45) is 1.66. The van der Waals surface area contributed by atoms with E-state index in [2.05, 4.69) is 15.3 Å². The van der Waals surface area contributed by atoms with E-state index in [4.69, 9.17) is 17.0 Å². The van der Waals surface area contributed by atoms with Crippen molar-refractivity contribution in [3.05, 3.63) is 58.9 Å². The average molecular weight is 340 g/mol. The van der Waals surface area contributed by atoms with Crippen molar-refractivity contribution in [1.82, 2.24) is 14.9 Å². The van der Waals surface area contributed by atoms with E-state index in [0.717, 1.165) is 16.9 Å². The highest BCUT2D eigenvalue weighted by Crippen LogP contribution is 2.21. The Bertz CT molecular complexity index is 896. The molecule has 1 heterocycles. The van der Waals surface area contributed by atoms with Gasteiger partial charge in [0.1, 0.15) is 11.5 Å². The van der Waals surface area contributed by atoms with Gasteiger partial charge in [-0.25, -0.2) is 5.10 Å². The van der Waals surface area contributed by atoms with E-state index in [9.17, 15) is 5.11 Å². The van der Waals surface area contributed by atoms with Crippen LogP contribution in [0.25, 0.3) is 11.4 Å². The summed E-state index contributed by atoms with van der Waals surface area (Å²) >= 11 is 5.24. The first kappa shape index (κ1) is 15.9. The van der Waals surface area contributed by atoms with Crippen LogP contribution in [-0.4, -0.2) is 32.8 Å². The molecule has 0 fully saturated rings. The predicted octanol–water partition coefficient (Wildman–Crippen LogP) is 3.59. The first-order valence-corrected chi connectivity index (χ1v) is 7.82. The molecule has 0 bridgehead atoms. The molecule has 0 saturated heterocycles. The number of aromatic hydroxyl groups is 1. The Morgan fingerprint density at radius 1 is 1.21 bits per heavy atom. The lowest BCUT2D eigenvalue weighted by molar-refractivity contribution is 0.340. The van der Waals surface area contributed by atoms with Gasteiger partial charge < -0.3 is 9.84 Å². The van der Waals surface area contributed by atoms with Crippen molar-refractivity contribution in [2.75, 3.05) is 6.61 Å². The molecule has 24 heavy (non-hydrogen) atoms. The van der Waals surface area contributed by atoms with Gasteiger partial charge in [-0.15, -0.1) is 0 Å². The quantitative estimate of drug-likeness (QED) is 0.550. The van der Waals surface area contributed by atoms with Crippen molar-refractivity contribution in [1.29, 1.82) is 0 Å². The Morgan fingerprint density at radius 3 is 2.58 bits per heavy atom. The van der Waals surface area contributed by atoms with Gasteiger partial charge in [0.2, 0.25) is 4.77 Å². The molecule has 0 aliphatic rings.